The van der Waals surface area contributed by atoms with E-state index in [9.17, 15) is 9.59 Å². The van der Waals surface area contributed by atoms with Crippen LogP contribution in [0.3, 0.4) is 0 Å². The molecule has 2 heterocycles. The largest absolute Gasteiger partial charge is 0.487 e. The minimum absolute atomic E-state index is 0.0831. The molecule has 0 atom stereocenters. The molecule has 9 nitrogen and oxygen atoms in total. The third-order valence-corrected chi connectivity index (χ3v) is 6.10. The Morgan fingerprint density at radius 1 is 1.11 bits per heavy atom. The third-order valence-electron chi connectivity index (χ3n) is 5.82. The van der Waals surface area contributed by atoms with Crippen LogP contribution in [0.15, 0.2) is 60.8 Å². The number of hydrogen-bond acceptors (Lipinski definition) is 6. The lowest BCUT2D eigenvalue weighted by Gasteiger charge is -2.17. The van der Waals surface area contributed by atoms with Gasteiger partial charge in [0.05, 0.1) is 24.4 Å². The van der Waals surface area contributed by atoms with Crippen molar-refractivity contribution < 1.29 is 29.0 Å². The fourth-order valence-electron chi connectivity index (χ4n) is 3.74. The number of carbonyl (C=O) groups is 2. The van der Waals surface area contributed by atoms with Gasteiger partial charge in [-0.3, -0.25) is 9.63 Å². The highest BCUT2D eigenvalue weighted by Crippen LogP contribution is 2.34. The summed E-state index contributed by atoms with van der Waals surface area (Å²) in [7, 11) is 0. The number of aryl methyl sites for hydroxylation is 2. The summed E-state index contributed by atoms with van der Waals surface area (Å²) in [5.74, 6) is 1.21. The first kappa shape index (κ1) is 27.0. The zero-order valence-electron chi connectivity index (χ0n) is 21.1. The molecule has 2 amide bonds. The summed E-state index contributed by atoms with van der Waals surface area (Å²) in [6.45, 7) is 5.06. The molecule has 0 spiro atoms. The summed E-state index contributed by atoms with van der Waals surface area (Å²) < 4.78 is 11.7. The monoisotopic (exact) mass is 537 g/mol. The first-order valence-electron chi connectivity index (χ1n) is 12.0. The van der Waals surface area contributed by atoms with Crippen LogP contribution in [-0.2, 0) is 16.2 Å². The van der Waals surface area contributed by atoms with E-state index in [2.05, 4.69) is 4.98 Å². The number of carbonyl (C=O) groups excluding carboxylic acids is 1. The normalized spacial score (nSPS) is 13.9. The van der Waals surface area contributed by atoms with E-state index in [4.69, 9.17) is 31.0 Å². The average Bonchev–Trinajstić information content (AvgIpc) is 3.17. The van der Waals surface area contributed by atoms with Crippen LogP contribution in [0.25, 0.3) is 6.08 Å². The Morgan fingerprint density at radius 2 is 1.89 bits per heavy atom. The molecule has 0 bridgehead atoms. The van der Waals surface area contributed by atoms with Crippen LogP contribution in [0, 0.1) is 13.8 Å². The molecule has 1 aliphatic rings. The molecule has 198 valence electrons. The van der Waals surface area contributed by atoms with Crippen LogP contribution in [0.2, 0.25) is 5.02 Å². The van der Waals surface area contributed by atoms with Gasteiger partial charge in [-0.15, -0.1) is 0 Å². The zero-order chi connectivity index (χ0) is 27.1. The van der Waals surface area contributed by atoms with E-state index in [0.717, 1.165) is 21.8 Å². The summed E-state index contributed by atoms with van der Waals surface area (Å²) in [5, 5.41) is 10.2. The van der Waals surface area contributed by atoms with Crippen molar-refractivity contribution in [1.29, 1.82) is 0 Å². The van der Waals surface area contributed by atoms with Crippen molar-refractivity contribution in [2.45, 2.75) is 20.5 Å². The predicted octanol–water partition coefficient (Wildman–Crippen LogP) is 5.49. The molecule has 1 aromatic heterocycles. The van der Waals surface area contributed by atoms with Crippen molar-refractivity contribution in [3.8, 4) is 17.4 Å². The lowest BCUT2D eigenvalue weighted by molar-refractivity contribution is -0.126. The Balaban J connectivity index is 1.35. The number of halogens is 1. The molecule has 1 fully saturated rings. The van der Waals surface area contributed by atoms with E-state index in [1.54, 1.807) is 30.5 Å². The van der Waals surface area contributed by atoms with Gasteiger partial charge in [0.2, 0.25) is 11.8 Å². The lowest BCUT2D eigenvalue weighted by Crippen LogP contribution is -2.35. The van der Waals surface area contributed by atoms with Crippen LogP contribution in [-0.4, -0.2) is 58.3 Å². The van der Waals surface area contributed by atoms with Crippen LogP contribution in [0.4, 0.5) is 4.79 Å². The standard InChI is InChI=1S/C28H28ClN3O6/c1-19-3-5-21(6-4-19)18-36-23-8-9-25(30-17-23)38-27-20(2)15-22(16-24(27)29)7-10-26(33)31-11-12-32(28(34)35)37-14-13-31/h3-10,15-17H,11-14,18H2,1-2H3,(H,34,35)/b10-7+. The Bertz CT molecular complexity index is 1290. The fraction of sp³-hybridized carbons (Fsp3) is 0.250. The predicted molar refractivity (Wildman–Crippen MR) is 142 cm³/mol. The molecule has 1 saturated heterocycles. The first-order chi connectivity index (χ1) is 18.3. The second-order valence-electron chi connectivity index (χ2n) is 8.73. The second-order valence-corrected chi connectivity index (χ2v) is 9.14. The van der Waals surface area contributed by atoms with E-state index in [1.807, 2.05) is 44.2 Å². The first-order valence-corrected chi connectivity index (χ1v) is 12.4. The molecule has 10 heteroatoms. The third kappa shape index (κ3) is 7.24. The maximum atomic E-state index is 12.6. The molecule has 38 heavy (non-hydrogen) atoms. The van der Waals surface area contributed by atoms with Crippen LogP contribution >= 0.6 is 11.6 Å². The number of hydroxylamine groups is 2. The average molecular weight is 538 g/mol. The Labute approximate surface area is 225 Å². The minimum Gasteiger partial charge on any atom is -0.487 e. The van der Waals surface area contributed by atoms with Gasteiger partial charge in [-0.05, 0) is 54.8 Å². The van der Waals surface area contributed by atoms with E-state index in [1.165, 1.54) is 16.5 Å². The van der Waals surface area contributed by atoms with Gasteiger partial charge >= 0.3 is 6.09 Å². The number of pyridine rings is 1. The van der Waals surface area contributed by atoms with E-state index in [-0.39, 0.29) is 25.6 Å². The van der Waals surface area contributed by atoms with Gasteiger partial charge in [-0.2, -0.15) is 5.06 Å². The number of benzene rings is 2. The highest BCUT2D eigenvalue weighted by Gasteiger charge is 2.21. The molecule has 0 saturated carbocycles. The SMILES string of the molecule is Cc1ccc(COc2ccc(Oc3c(C)cc(/C=C/C(=O)N4CCON(C(=O)O)CC4)cc3Cl)nc2)cc1. The Morgan fingerprint density at radius 3 is 2.58 bits per heavy atom. The number of nitrogens with zero attached hydrogens (tertiary/aromatic N) is 3. The molecule has 0 radical (unpaired) electrons. The molecule has 4 rings (SSSR count). The second kappa shape index (κ2) is 12.4. The number of ether oxygens (including phenoxy) is 2. The molecule has 3 aromatic rings. The van der Waals surface area contributed by atoms with Gasteiger partial charge < -0.3 is 19.5 Å². The van der Waals surface area contributed by atoms with E-state index in [0.29, 0.717) is 35.6 Å². The van der Waals surface area contributed by atoms with Crippen molar-refractivity contribution in [2.24, 2.45) is 0 Å². The van der Waals surface area contributed by atoms with Crippen molar-refractivity contribution >= 4 is 29.7 Å². The van der Waals surface area contributed by atoms with Gasteiger partial charge in [-0.25, -0.2) is 9.78 Å². The molecule has 1 aliphatic heterocycles. The van der Waals surface area contributed by atoms with Crippen molar-refractivity contribution in [1.82, 2.24) is 14.9 Å². The van der Waals surface area contributed by atoms with Crippen LogP contribution in [0.1, 0.15) is 22.3 Å². The number of amides is 2. The fourth-order valence-corrected chi connectivity index (χ4v) is 4.06. The van der Waals surface area contributed by atoms with Crippen molar-refractivity contribution in [3.63, 3.8) is 0 Å². The number of carboxylic acid groups (broad SMARTS) is 1. The summed E-state index contributed by atoms with van der Waals surface area (Å²) >= 11 is 6.49. The number of aromatic nitrogens is 1. The van der Waals surface area contributed by atoms with E-state index < -0.39 is 6.09 Å². The molecule has 1 N–H and O–H groups in total. The van der Waals surface area contributed by atoms with Crippen LogP contribution in [0.5, 0.6) is 17.4 Å². The summed E-state index contributed by atoms with van der Waals surface area (Å²) in [5.41, 5.74) is 3.76. The van der Waals surface area contributed by atoms with Gasteiger partial charge in [0, 0.05) is 25.2 Å². The lowest BCUT2D eigenvalue weighted by atomic mass is 10.1. The highest BCUT2D eigenvalue weighted by atomic mass is 35.5. The molecular weight excluding hydrogens is 510 g/mol. The summed E-state index contributed by atoms with van der Waals surface area (Å²) in [4.78, 5) is 34.6. The molecule has 0 aliphatic carbocycles. The van der Waals surface area contributed by atoms with Gasteiger partial charge in [0.15, 0.2) is 5.75 Å². The molecule has 2 aromatic carbocycles. The summed E-state index contributed by atoms with van der Waals surface area (Å²) in [6, 6.07) is 15.2. The Kier molecular flexibility index (Phi) is 8.83. The maximum absolute atomic E-state index is 12.6. The smallest absolute Gasteiger partial charge is 0.431 e. The van der Waals surface area contributed by atoms with Crippen molar-refractivity contribution in [3.05, 3.63) is 88.1 Å². The zero-order valence-corrected chi connectivity index (χ0v) is 21.9. The molecular formula is C28H28ClN3O6. The number of rotatable bonds is 7. The highest BCUT2D eigenvalue weighted by molar-refractivity contribution is 6.32. The minimum atomic E-state index is -1.18. The quantitative estimate of drug-likeness (QED) is 0.398. The van der Waals surface area contributed by atoms with E-state index >= 15 is 0 Å². The topological polar surface area (TPSA) is 101 Å². The van der Waals surface area contributed by atoms with Gasteiger partial charge in [-0.1, -0.05) is 41.4 Å². The van der Waals surface area contributed by atoms with Crippen LogP contribution < -0.4 is 9.47 Å². The number of hydrogen-bond donors (Lipinski definition) is 1. The van der Waals surface area contributed by atoms with Crippen molar-refractivity contribution in [2.75, 3.05) is 26.2 Å². The van der Waals surface area contributed by atoms with Gasteiger partial charge in [0.25, 0.3) is 0 Å². The summed E-state index contributed by atoms with van der Waals surface area (Å²) in [6.07, 6.45) is 3.50. The Hall–Kier alpha value is -4.08. The van der Waals surface area contributed by atoms with Gasteiger partial charge in [0.1, 0.15) is 12.4 Å². The maximum Gasteiger partial charge on any atom is 0.431 e. The molecule has 0 unspecified atom stereocenters.